The molecule has 1 unspecified atom stereocenters. The molecular formula is C58H38N4O. The Morgan fingerprint density at radius 3 is 2.10 bits per heavy atom. The van der Waals surface area contributed by atoms with Gasteiger partial charge >= 0.3 is 0 Å². The topological polar surface area (TPSA) is 56.7 Å². The van der Waals surface area contributed by atoms with E-state index in [1.54, 1.807) is 0 Å². The first-order valence-corrected chi connectivity index (χ1v) is 21.7. The second-order valence-corrected chi connectivity index (χ2v) is 16.7. The molecule has 0 saturated heterocycles. The van der Waals surface area contributed by atoms with Crippen LogP contribution in [0.2, 0.25) is 0 Å². The number of benzene rings is 9. The van der Waals surface area contributed by atoms with Gasteiger partial charge in [-0.15, -0.1) is 0 Å². The zero-order chi connectivity index (χ0) is 41.4. The van der Waals surface area contributed by atoms with E-state index in [9.17, 15) is 0 Å². The maximum absolute atomic E-state index is 6.68. The van der Waals surface area contributed by atoms with Crippen molar-refractivity contribution < 1.29 is 4.42 Å². The van der Waals surface area contributed by atoms with E-state index in [1.807, 2.05) is 18.2 Å². The quantitative estimate of drug-likeness (QED) is 0.168. The van der Waals surface area contributed by atoms with Crippen molar-refractivity contribution >= 4 is 76.1 Å². The summed E-state index contributed by atoms with van der Waals surface area (Å²) < 4.78 is 9.20. The van der Waals surface area contributed by atoms with Gasteiger partial charge in [0.05, 0.1) is 11.0 Å². The Balaban J connectivity index is 0.986. The summed E-state index contributed by atoms with van der Waals surface area (Å²) in [4.78, 5) is 15.5. The molecule has 0 amide bonds. The van der Waals surface area contributed by atoms with Gasteiger partial charge in [-0.05, 0) is 74.8 Å². The molecule has 0 radical (unpaired) electrons. The van der Waals surface area contributed by atoms with Crippen molar-refractivity contribution in [2.75, 3.05) is 0 Å². The van der Waals surface area contributed by atoms with Crippen LogP contribution in [0.5, 0.6) is 0 Å². The molecule has 1 aliphatic rings. The van der Waals surface area contributed by atoms with Gasteiger partial charge in [-0.25, -0.2) is 15.0 Å². The Hall–Kier alpha value is -8.15. The highest BCUT2D eigenvalue weighted by Gasteiger charge is 2.21. The monoisotopic (exact) mass is 806 g/mol. The Labute approximate surface area is 362 Å². The van der Waals surface area contributed by atoms with Gasteiger partial charge in [-0.1, -0.05) is 170 Å². The normalized spacial score (nSPS) is 14.1. The fraction of sp³-hybridized carbons (Fsp3) is 0.0517. The summed E-state index contributed by atoms with van der Waals surface area (Å²) in [7, 11) is 0. The second kappa shape index (κ2) is 14.2. The second-order valence-electron chi connectivity index (χ2n) is 16.7. The van der Waals surface area contributed by atoms with Crippen LogP contribution in [0.1, 0.15) is 23.5 Å². The zero-order valence-corrected chi connectivity index (χ0v) is 34.2. The van der Waals surface area contributed by atoms with E-state index in [2.05, 4.69) is 187 Å². The number of hydrogen-bond acceptors (Lipinski definition) is 4. The predicted molar refractivity (Wildman–Crippen MR) is 260 cm³/mol. The van der Waals surface area contributed by atoms with Crippen molar-refractivity contribution in [2.24, 2.45) is 0 Å². The van der Waals surface area contributed by atoms with Crippen LogP contribution in [0.15, 0.2) is 205 Å². The highest BCUT2D eigenvalue weighted by atomic mass is 16.3. The molecule has 13 rings (SSSR count). The van der Waals surface area contributed by atoms with Crippen LogP contribution >= 0.6 is 0 Å². The van der Waals surface area contributed by atoms with E-state index in [0.29, 0.717) is 24.0 Å². The van der Waals surface area contributed by atoms with Gasteiger partial charge in [0.25, 0.3) is 0 Å². The van der Waals surface area contributed by atoms with Crippen LogP contribution in [-0.2, 0) is 6.54 Å². The van der Waals surface area contributed by atoms with Gasteiger partial charge < -0.3 is 8.98 Å². The number of hydrogen-bond donors (Lipinski definition) is 0. The number of aromatic nitrogens is 4. The van der Waals surface area contributed by atoms with Crippen molar-refractivity contribution in [3.63, 3.8) is 0 Å². The van der Waals surface area contributed by atoms with Crippen LogP contribution in [-0.4, -0.2) is 19.5 Å². The van der Waals surface area contributed by atoms with Crippen LogP contribution in [0.3, 0.4) is 0 Å². The maximum Gasteiger partial charge on any atom is 0.164 e. The van der Waals surface area contributed by atoms with E-state index < -0.39 is 0 Å². The lowest BCUT2D eigenvalue weighted by atomic mass is 9.89. The number of fused-ring (bicyclic) bond motifs is 11. The third-order valence-corrected chi connectivity index (χ3v) is 13.0. The van der Waals surface area contributed by atoms with Crippen molar-refractivity contribution in [1.29, 1.82) is 0 Å². The van der Waals surface area contributed by atoms with Gasteiger partial charge in [0.1, 0.15) is 11.2 Å². The van der Waals surface area contributed by atoms with Crippen molar-refractivity contribution in [2.45, 2.75) is 18.9 Å². The molecule has 0 spiro atoms. The molecule has 5 nitrogen and oxygen atoms in total. The molecule has 5 heteroatoms. The average molecular weight is 807 g/mol. The highest BCUT2D eigenvalue weighted by Crippen LogP contribution is 2.42. The van der Waals surface area contributed by atoms with Gasteiger partial charge in [0.15, 0.2) is 17.5 Å². The third-order valence-electron chi connectivity index (χ3n) is 13.0. The van der Waals surface area contributed by atoms with Gasteiger partial charge in [0.2, 0.25) is 0 Å². The molecule has 296 valence electrons. The summed E-state index contributed by atoms with van der Waals surface area (Å²) in [6, 6.07) is 62.8. The standard InChI is InChI=1S/C58H38N4O/c1-3-14-36(15-4-1)44-22-11-12-24-48(44)58-60-56(38-17-5-2-6-18-38)59-57(61-58)42-27-29-45-41(32-42)28-31-52-54(45)53-43(21-13-25-51(53)63-52)35-62-50-34-40-20-8-7-19-39(40)33-49(50)47-30-26-37-16-9-10-23-46(37)55(47)62/h1-14,16-34,36H,15,35H2. The van der Waals surface area contributed by atoms with Crippen molar-refractivity contribution in [1.82, 2.24) is 19.5 Å². The lowest BCUT2D eigenvalue weighted by Crippen LogP contribution is -2.04. The van der Waals surface area contributed by atoms with Gasteiger partial charge in [0, 0.05) is 56.1 Å². The Morgan fingerprint density at radius 2 is 1.22 bits per heavy atom. The van der Waals surface area contributed by atoms with E-state index in [1.165, 1.54) is 54.5 Å². The van der Waals surface area contributed by atoms with Crippen LogP contribution < -0.4 is 0 Å². The average Bonchev–Trinajstić information content (AvgIpc) is 3.89. The molecule has 3 heterocycles. The van der Waals surface area contributed by atoms with Crippen LogP contribution in [0.4, 0.5) is 0 Å². The summed E-state index contributed by atoms with van der Waals surface area (Å²) in [5.74, 6) is 2.21. The first-order chi connectivity index (χ1) is 31.2. The SMILES string of the molecule is C1=CCC(c2ccccc2-c2nc(-c3ccccc3)nc(-c3ccc4c(ccc5oc6cccc(Cn7c8cc9ccccc9cc8c8ccc9ccccc9c87)c6c54)c3)n2)C=C1. The van der Waals surface area contributed by atoms with Crippen LogP contribution in [0.25, 0.3) is 110 Å². The molecule has 0 N–H and O–H groups in total. The summed E-state index contributed by atoms with van der Waals surface area (Å²) in [5, 5.41) is 12.0. The lowest BCUT2D eigenvalue weighted by Gasteiger charge is -2.18. The smallest absolute Gasteiger partial charge is 0.164 e. The number of allylic oxidation sites excluding steroid dienone is 4. The zero-order valence-electron chi connectivity index (χ0n) is 34.2. The van der Waals surface area contributed by atoms with E-state index in [4.69, 9.17) is 19.4 Å². The first kappa shape index (κ1) is 35.6. The number of nitrogens with zero attached hydrogens (tertiary/aromatic N) is 4. The first-order valence-electron chi connectivity index (χ1n) is 21.7. The fourth-order valence-electron chi connectivity index (χ4n) is 10.1. The lowest BCUT2D eigenvalue weighted by molar-refractivity contribution is 0.668. The predicted octanol–water partition coefficient (Wildman–Crippen LogP) is 15.0. The maximum atomic E-state index is 6.68. The molecule has 0 bridgehead atoms. The molecule has 1 aliphatic carbocycles. The van der Waals surface area contributed by atoms with Crippen molar-refractivity contribution in [3.8, 4) is 34.2 Å². The molecule has 12 aromatic rings. The molecule has 9 aromatic carbocycles. The number of rotatable bonds is 6. The molecular weight excluding hydrogens is 769 g/mol. The largest absolute Gasteiger partial charge is 0.456 e. The van der Waals surface area contributed by atoms with E-state index in [-0.39, 0.29) is 5.92 Å². The fourth-order valence-corrected chi connectivity index (χ4v) is 10.1. The molecule has 0 saturated carbocycles. The van der Waals surface area contributed by atoms with Crippen molar-refractivity contribution in [3.05, 3.63) is 211 Å². The summed E-state index contributed by atoms with van der Waals surface area (Å²) in [5.41, 5.74) is 9.54. The Bertz CT molecular complexity index is 3870. The number of furan rings is 1. The molecule has 0 fully saturated rings. The summed E-state index contributed by atoms with van der Waals surface area (Å²) in [6.07, 6.45) is 9.67. The van der Waals surface area contributed by atoms with Gasteiger partial charge in [-0.3, -0.25) is 0 Å². The molecule has 0 aliphatic heterocycles. The van der Waals surface area contributed by atoms with E-state index >= 15 is 0 Å². The minimum Gasteiger partial charge on any atom is -0.456 e. The van der Waals surface area contributed by atoms with Crippen LogP contribution in [0, 0.1) is 0 Å². The molecule has 63 heavy (non-hydrogen) atoms. The Kier molecular flexibility index (Phi) is 8.03. The molecule has 1 atom stereocenters. The summed E-state index contributed by atoms with van der Waals surface area (Å²) >= 11 is 0. The Morgan fingerprint density at radius 1 is 0.492 bits per heavy atom. The summed E-state index contributed by atoms with van der Waals surface area (Å²) in [6.45, 7) is 0.678. The molecule has 3 aromatic heterocycles. The van der Waals surface area contributed by atoms with Gasteiger partial charge in [-0.2, -0.15) is 0 Å². The third kappa shape index (κ3) is 5.81. The minimum atomic E-state index is 0.249. The van der Waals surface area contributed by atoms with E-state index in [0.717, 1.165) is 55.8 Å². The minimum absolute atomic E-state index is 0.249. The highest BCUT2D eigenvalue weighted by molar-refractivity contribution is 6.22.